The largest absolute Gasteiger partial charge is 0.463 e. The Labute approximate surface area is 288 Å². The van der Waals surface area contributed by atoms with Crippen LogP contribution < -0.4 is 20.3 Å². The van der Waals surface area contributed by atoms with Gasteiger partial charge in [-0.05, 0) is 78.3 Å². The van der Waals surface area contributed by atoms with Crippen molar-refractivity contribution in [3.63, 3.8) is 0 Å². The van der Waals surface area contributed by atoms with Crippen molar-refractivity contribution in [2.24, 2.45) is 11.1 Å². The lowest BCUT2D eigenvalue weighted by Crippen LogP contribution is -2.47. The molecule has 2 aliphatic heterocycles. The summed E-state index contributed by atoms with van der Waals surface area (Å²) in [6.07, 6.45) is -2.08. The number of carbonyl (C=O) groups is 1. The summed E-state index contributed by atoms with van der Waals surface area (Å²) in [7, 11) is 0. The van der Waals surface area contributed by atoms with Gasteiger partial charge < -0.3 is 25.3 Å². The van der Waals surface area contributed by atoms with Crippen LogP contribution in [0.25, 0.3) is 16.6 Å². The van der Waals surface area contributed by atoms with E-state index in [-0.39, 0.29) is 29.8 Å². The lowest BCUT2D eigenvalue weighted by molar-refractivity contribution is -0.195. The van der Waals surface area contributed by atoms with Gasteiger partial charge in [-0.2, -0.15) is 18.2 Å². The topological polar surface area (TPSA) is 90.7 Å². The number of ether oxygens (including phenoxy) is 1. The molecule has 2 aromatic carbocycles. The molecule has 1 saturated heterocycles. The maximum atomic E-state index is 14.0. The van der Waals surface area contributed by atoms with Gasteiger partial charge in [-0.15, -0.1) is 0 Å². The number of hydrogen-bond donors (Lipinski definition) is 2. The number of halogens is 4. The Bertz CT molecular complexity index is 1900. The Hall–Kier alpha value is -4.22. The molecule has 3 N–H and O–H groups in total. The number of H-pyrrole nitrogens is 1. The number of amides is 1. The van der Waals surface area contributed by atoms with E-state index in [9.17, 15) is 18.0 Å². The fourth-order valence-corrected chi connectivity index (χ4v) is 7.45. The predicted octanol–water partition coefficient (Wildman–Crippen LogP) is 7.95. The van der Waals surface area contributed by atoms with E-state index >= 15 is 0 Å². The van der Waals surface area contributed by atoms with E-state index < -0.39 is 18.2 Å². The highest BCUT2D eigenvalue weighted by Crippen LogP contribution is 2.45. The summed E-state index contributed by atoms with van der Waals surface area (Å²) in [4.78, 5) is 26.5. The van der Waals surface area contributed by atoms with Crippen molar-refractivity contribution in [2.75, 3.05) is 49.1 Å². The van der Waals surface area contributed by atoms with Gasteiger partial charge >= 0.3 is 6.18 Å². The molecule has 0 bridgehead atoms. The summed E-state index contributed by atoms with van der Waals surface area (Å²) in [5.41, 5.74) is 12.5. The SMILES string of the molecule is CC1(C)CCC(CN2CCN(c3ccc(C(N)=O)c(N4CC[C@@H](C(F)(F)F)Oc5nc6[nH]ccc6cc54)c3)CC2)=C(c2ccc(Cl)cc2)C1. The summed E-state index contributed by atoms with van der Waals surface area (Å²) in [6, 6.07) is 17.1. The molecule has 1 aliphatic carbocycles. The second-order valence-electron chi connectivity index (χ2n) is 14.1. The van der Waals surface area contributed by atoms with Crippen molar-refractivity contribution in [3.8, 4) is 5.88 Å². The molecule has 0 spiro atoms. The number of aromatic nitrogens is 2. The number of primary amides is 1. The number of rotatable bonds is 6. The number of nitrogens with one attached hydrogen (secondary N) is 1. The van der Waals surface area contributed by atoms with Gasteiger partial charge in [0, 0.05) is 68.0 Å². The zero-order valence-electron chi connectivity index (χ0n) is 27.6. The van der Waals surface area contributed by atoms with Gasteiger partial charge in [0.15, 0.2) is 6.10 Å². The number of benzene rings is 2. The van der Waals surface area contributed by atoms with E-state index in [4.69, 9.17) is 22.1 Å². The highest BCUT2D eigenvalue weighted by molar-refractivity contribution is 6.30. The number of allylic oxidation sites excluding steroid dienone is 1. The normalized spacial score (nSPS) is 20.2. The number of piperazine rings is 1. The summed E-state index contributed by atoms with van der Waals surface area (Å²) >= 11 is 6.20. The van der Waals surface area contributed by atoms with Crippen LogP contribution in [0.15, 0.2) is 66.4 Å². The minimum absolute atomic E-state index is 0.0475. The molecule has 4 aromatic rings. The number of hydrogen-bond acceptors (Lipinski definition) is 6. The number of nitrogens with two attached hydrogens (primary N) is 1. The van der Waals surface area contributed by atoms with Gasteiger partial charge in [-0.25, -0.2) is 0 Å². The molecule has 7 rings (SSSR count). The van der Waals surface area contributed by atoms with Crippen molar-refractivity contribution in [2.45, 2.75) is 51.8 Å². The molecule has 12 heteroatoms. The molecular formula is C37H40ClF3N6O2. The van der Waals surface area contributed by atoms with E-state index in [0.29, 0.717) is 22.4 Å². The van der Waals surface area contributed by atoms with Crippen molar-refractivity contribution in [1.29, 1.82) is 0 Å². The highest BCUT2D eigenvalue weighted by atomic mass is 35.5. The molecule has 0 saturated carbocycles. The molecule has 1 fully saturated rings. The number of nitrogens with zero attached hydrogens (tertiary/aromatic N) is 4. The fraction of sp³-hybridized carbons (Fsp3) is 0.405. The van der Waals surface area contributed by atoms with Gasteiger partial charge in [0.2, 0.25) is 5.88 Å². The predicted molar refractivity (Wildman–Crippen MR) is 188 cm³/mol. The van der Waals surface area contributed by atoms with Gasteiger partial charge in [0.05, 0.1) is 11.3 Å². The molecule has 49 heavy (non-hydrogen) atoms. The highest BCUT2D eigenvalue weighted by Gasteiger charge is 2.44. The number of alkyl halides is 3. The molecule has 0 unspecified atom stereocenters. The number of aromatic amines is 1. The Balaban J connectivity index is 1.15. The number of anilines is 3. The van der Waals surface area contributed by atoms with Crippen molar-refractivity contribution >= 4 is 51.2 Å². The van der Waals surface area contributed by atoms with Crippen LogP contribution in [0.2, 0.25) is 5.02 Å². The molecule has 1 amide bonds. The smallest absolute Gasteiger partial charge is 0.425 e. The maximum absolute atomic E-state index is 14.0. The molecule has 258 valence electrons. The van der Waals surface area contributed by atoms with Crippen LogP contribution in [-0.2, 0) is 0 Å². The van der Waals surface area contributed by atoms with E-state index in [1.165, 1.54) is 16.7 Å². The molecule has 8 nitrogen and oxygen atoms in total. The Morgan fingerprint density at radius 1 is 1.04 bits per heavy atom. The summed E-state index contributed by atoms with van der Waals surface area (Å²) in [5, 5.41) is 1.44. The second-order valence-corrected chi connectivity index (χ2v) is 14.5. The van der Waals surface area contributed by atoms with Crippen LogP contribution in [0.1, 0.15) is 55.5 Å². The number of pyridine rings is 1. The van der Waals surface area contributed by atoms with Crippen LogP contribution >= 0.6 is 11.6 Å². The lowest BCUT2D eigenvalue weighted by atomic mass is 9.72. The van der Waals surface area contributed by atoms with Gasteiger partial charge in [-0.3, -0.25) is 9.69 Å². The minimum atomic E-state index is -4.59. The number of fused-ring (bicyclic) bond motifs is 2. The van der Waals surface area contributed by atoms with E-state index in [1.54, 1.807) is 29.3 Å². The monoisotopic (exact) mass is 692 g/mol. The van der Waals surface area contributed by atoms with E-state index in [0.717, 1.165) is 62.7 Å². The van der Waals surface area contributed by atoms with Crippen LogP contribution in [0.5, 0.6) is 5.88 Å². The van der Waals surface area contributed by atoms with Crippen molar-refractivity contribution in [3.05, 3.63) is 82.5 Å². The van der Waals surface area contributed by atoms with Crippen LogP contribution in [0.3, 0.4) is 0 Å². The van der Waals surface area contributed by atoms with Crippen LogP contribution in [0.4, 0.5) is 30.2 Å². The first-order valence-corrected chi connectivity index (χ1v) is 17.1. The standard InChI is InChI=1S/C37H40ClF3N6O2/c1-36(2)12-9-25(29(21-36)23-3-5-26(38)6-4-23)22-45-15-17-46(18-16-45)27-7-8-28(33(42)48)30(20-27)47-14-11-32(37(39,40)41)49-35-31(47)19-24-10-13-43-34(24)44-35/h3-8,10,13,19-20,32H,9,11-12,14-18,21-22H2,1-2H3,(H2,42,48)(H,43,44)/t32-/m0/s1. The van der Waals surface area contributed by atoms with Gasteiger partial charge in [-0.1, -0.05) is 43.2 Å². The average Bonchev–Trinajstić information content (AvgIpc) is 3.43. The summed E-state index contributed by atoms with van der Waals surface area (Å²) in [6.45, 7) is 8.72. The van der Waals surface area contributed by atoms with Gasteiger partial charge in [0.25, 0.3) is 5.91 Å². The van der Waals surface area contributed by atoms with Crippen molar-refractivity contribution < 1.29 is 22.7 Å². The zero-order valence-corrected chi connectivity index (χ0v) is 28.4. The molecule has 3 aliphatic rings. The quantitative estimate of drug-likeness (QED) is 0.213. The Morgan fingerprint density at radius 3 is 2.51 bits per heavy atom. The van der Waals surface area contributed by atoms with Crippen LogP contribution in [0, 0.1) is 5.41 Å². The third-order valence-corrected chi connectivity index (χ3v) is 10.3. The van der Waals surface area contributed by atoms with Gasteiger partial charge in [0.1, 0.15) is 11.3 Å². The first-order chi connectivity index (χ1) is 23.3. The molecule has 0 radical (unpaired) electrons. The van der Waals surface area contributed by atoms with Crippen LogP contribution in [-0.4, -0.2) is 72.3 Å². The third-order valence-electron chi connectivity index (χ3n) is 10.1. The Morgan fingerprint density at radius 2 is 1.80 bits per heavy atom. The average molecular weight is 693 g/mol. The summed E-state index contributed by atoms with van der Waals surface area (Å²) in [5.74, 6) is -0.816. The first kappa shape index (κ1) is 33.3. The second kappa shape index (κ2) is 12.9. The Kier molecular flexibility index (Phi) is 8.77. The maximum Gasteiger partial charge on any atom is 0.425 e. The lowest BCUT2D eigenvalue weighted by Gasteiger charge is -2.39. The van der Waals surface area contributed by atoms with Crippen molar-refractivity contribution in [1.82, 2.24) is 14.9 Å². The first-order valence-electron chi connectivity index (χ1n) is 16.7. The zero-order chi connectivity index (χ0) is 34.5. The molecule has 1 atom stereocenters. The van der Waals surface area contributed by atoms with E-state index in [1.807, 2.05) is 24.3 Å². The van der Waals surface area contributed by atoms with E-state index in [2.05, 4.69) is 45.7 Å². The molecule has 4 heterocycles. The summed E-state index contributed by atoms with van der Waals surface area (Å²) < 4.78 is 47.4. The fourth-order valence-electron chi connectivity index (χ4n) is 7.32. The minimum Gasteiger partial charge on any atom is -0.463 e. The molecule has 2 aromatic heterocycles. The number of carbonyl (C=O) groups excluding carboxylic acids is 1. The molecular weight excluding hydrogens is 653 g/mol. The third kappa shape index (κ3) is 6.96.